The zero-order chi connectivity index (χ0) is 20.5. The molecule has 4 aromatic rings. The van der Waals surface area contributed by atoms with E-state index in [0.717, 1.165) is 45.2 Å². The van der Waals surface area contributed by atoms with Crippen molar-refractivity contribution < 1.29 is 4.79 Å². The second-order valence-corrected chi connectivity index (χ2v) is 8.36. The minimum absolute atomic E-state index is 0.0401. The second-order valence-electron chi connectivity index (χ2n) is 6.89. The van der Waals surface area contributed by atoms with Crippen molar-refractivity contribution in [3.8, 4) is 5.69 Å². The van der Waals surface area contributed by atoms with Gasteiger partial charge in [0.25, 0.3) is 0 Å². The molecule has 0 radical (unpaired) electrons. The van der Waals surface area contributed by atoms with Gasteiger partial charge in [0.2, 0.25) is 0 Å². The van der Waals surface area contributed by atoms with E-state index in [1.54, 1.807) is 17.8 Å². The van der Waals surface area contributed by atoms with E-state index >= 15 is 0 Å². The molecule has 0 atom stereocenters. The Hall–Kier alpha value is -2.57. The van der Waals surface area contributed by atoms with Crippen molar-refractivity contribution in [2.45, 2.75) is 43.7 Å². The van der Waals surface area contributed by atoms with Crippen LogP contribution in [0.15, 0.2) is 58.7 Å². The Morgan fingerprint density at radius 2 is 2.07 bits per heavy atom. The molecule has 5 nitrogen and oxygen atoms in total. The largest absolute Gasteiger partial charge is 0.310 e. The number of halogens is 1. The fraction of sp³-hybridized carbons (Fsp3) is 0.227. The Morgan fingerprint density at radius 3 is 2.83 bits per heavy atom. The monoisotopic (exact) mass is 424 g/mol. The van der Waals surface area contributed by atoms with Crippen LogP contribution in [-0.2, 0) is 6.54 Å². The SMILES string of the molecule is CCCn1cc(-n2c(C)c(Sc3cccc(C(C)=O)n3)c3ccc(Cl)cc32)cn1. The van der Waals surface area contributed by atoms with Crippen LogP contribution in [0.2, 0.25) is 5.02 Å². The van der Waals surface area contributed by atoms with Gasteiger partial charge in [-0.05, 0) is 37.6 Å². The van der Waals surface area contributed by atoms with Gasteiger partial charge < -0.3 is 4.57 Å². The molecule has 0 N–H and O–H groups in total. The lowest BCUT2D eigenvalue weighted by Gasteiger charge is -2.06. The van der Waals surface area contributed by atoms with Gasteiger partial charge in [-0.1, -0.05) is 42.4 Å². The summed E-state index contributed by atoms with van der Waals surface area (Å²) in [7, 11) is 0. The van der Waals surface area contributed by atoms with E-state index in [1.807, 2.05) is 41.2 Å². The number of hydrogen-bond acceptors (Lipinski definition) is 4. The van der Waals surface area contributed by atoms with Crippen molar-refractivity contribution >= 4 is 40.0 Å². The van der Waals surface area contributed by atoms with Crippen LogP contribution in [0.5, 0.6) is 0 Å². The van der Waals surface area contributed by atoms with Crippen molar-refractivity contribution in [1.82, 2.24) is 19.3 Å². The summed E-state index contributed by atoms with van der Waals surface area (Å²) in [5.41, 5.74) is 3.58. The Labute approximate surface area is 178 Å². The summed E-state index contributed by atoms with van der Waals surface area (Å²) in [6, 6.07) is 11.4. The molecule has 0 saturated carbocycles. The van der Waals surface area contributed by atoms with E-state index in [-0.39, 0.29) is 5.78 Å². The third-order valence-electron chi connectivity index (χ3n) is 4.73. The van der Waals surface area contributed by atoms with Crippen LogP contribution in [0, 0.1) is 6.92 Å². The number of aromatic nitrogens is 4. The summed E-state index contributed by atoms with van der Waals surface area (Å²) >= 11 is 7.88. The van der Waals surface area contributed by atoms with E-state index in [4.69, 9.17) is 11.6 Å². The molecule has 29 heavy (non-hydrogen) atoms. The molecule has 1 aromatic carbocycles. The van der Waals surface area contributed by atoms with Crippen LogP contribution < -0.4 is 0 Å². The number of ketones is 1. The molecule has 3 heterocycles. The molecule has 7 heteroatoms. The van der Waals surface area contributed by atoms with Crippen LogP contribution >= 0.6 is 23.4 Å². The number of rotatable bonds is 6. The molecule has 0 bridgehead atoms. The maximum absolute atomic E-state index is 11.7. The number of benzene rings is 1. The van der Waals surface area contributed by atoms with Crippen molar-refractivity contribution in [2.75, 3.05) is 0 Å². The van der Waals surface area contributed by atoms with E-state index in [9.17, 15) is 4.79 Å². The first kappa shape index (κ1) is 19.7. The summed E-state index contributed by atoms with van der Waals surface area (Å²) in [6.07, 6.45) is 4.96. The second kappa shape index (κ2) is 8.05. The van der Waals surface area contributed by atoms with E-state index in [1.165, 1.54) is 6.92 Å². The van der Waals surface area contributed by atoms with Crippen molar-refractivity contribution in [3.63, 3.8) is 0 Å². The van der Waals surface area contributed by atoms with Gasteiger partial charge in [0.15, 0.2) is 5.78 Å². The van der Waals surface area contributed by atoms with Gasteiger partial charge in [0.1, 0.15) is 10.7 Å². The Morgan fingerprint density at radius 1 is 1.24 bits per heavy atom. The fourth-order valence-electron chi connectivity index (χ4n) is 3.41. The fourth-order valence-corrected chi connectivity index (χ4v) is 4.60. The lowest BCUT2D eigenvalue weighted by Crippen LogP contribution is -1.98. The molecule has 148 valence electrons. The topological polar surface area (TPSA) is 52.7 Å². The number of hydrogen-bond donors (Lipinski definition) is 0. The molecule has 0 amide bonds. The van der Waals surface area contributed by atoms with Gasteiger partial charge in [0.05, 0.1) is 17.4 Å². The zero-order valence-electron chi connectivity index (χ0n) is 16.5. The van der Waals surface area contributed by atoms with Crippen molar-refractivity contribution in [3.05, 3.63) is 65.2 Å². The highest BCUT2D eigenvalue weighted by molar-refractivity contribution is 7.99. The summed E-state index contributed by atoms with van der Waals surface area (Å²) in [4.78, 5) is 17.3. The van der Waals surface area contributed by atoms with Crippen LogP contribution in [-0.4, -0.2) is 25.1 Å². The Balaban J connectivity index is 1.85. The molecular weight excluding hydrogens is 404 g/mol. The lowest BCUT2D eigenvalue weighted by atomic mass is 10.2. The first-order chi connectivity index (χ1) is 14.0. The molecule has 0 fully saturated rings. The highest BCUT2D eigenvalue weighted by Crippen LogP contribution is 2.40. The normalized spacial score (nSPS) is 11.3. The van der Waals surface area contributed by atoms with Crippen LogP contribution in [0.4, 0.5) is 0 Å². The van der Waals surface area contributed by atoms with Crippen LogP contribution in [0.25, 0.3) is 16.6 Å². The van der Waals surface area contributed by atoms with Gasteiger partial charge in [-0.3, -0.25) is 9.48 Å². The lowest BCUT2D eigenvalue weighted by molar-refractivity contribution is 0.101. The number of fused-ring (bicyclic) bond motifs is 1. The molecular formula is C22H21ClN4OS. The van der Waals surface area contributed by atoms with Crippen LogP contribution in [0.1, 0.15) is 36.5 Å². The number of carbonyl (C=O) groups is 1. The summed E-state index contributed by atoms with van der Waals surface area (Å²) in [6.45, 7) is 6.63. The Kier molecular flexibility index (Phi) is 5.48. The summed E-state index contributed by atoms with van der Waals surface area (Å²) in [5.74, 6) is -0.0401. The smallest absolute Gasteiger partial charge is 0.178 e. The predicted molar refractivity (Wildman–Crippen MR) is 117 cm³/mol. The van der Waals surface area contributed by atoms with E-state index < -0.39 is 0 Å². The van der Waals surface area contributed by atoms with Crippen molar-refractivity contribution in [2.24, 2.45) is 0 Å². The maximum atomic E-state index is 11.7. The first-order valence-electron chi connectivity index (χ1n) is 9.47. The standard InChI is InChI=1S/C22H21ClN4OS/c1-4-10-26-13-17(12-24-26)27-14(2)22(18-9-8-16(23)11-20(18)27)29-21-7-5-6-19(25-21)15(3)28/h5-9,11-13H,4,10H2,1-3H3. The average molecular weight is 425 g/mol. The number of aryl methyl sites for hydroxylation is 1. The quantitative estimate of drug-likeness (QED) is 0.359. The molecule has 0 unspecified atom stereocenters. The van der Waals surface area contributed by atoms with Gasteiger partial charge in [-0.15, -0.1) is 0 Å². The number of carbonyl (C=O) groups excluding carboxylic acids is 1. The molecule has 4 rings (SSSR count). The number of nitrogens with zero attached hydrogens (tertiary/aromatic N) is 4. The minimum Gasteiger partial charge on any atom is -0.310 e. The highest BCUT2D eigenvalue weighted by atomic mass is 35.5. The first-order valence-corrected chi connectivity index (χ1v) is 10.7. The molecule has 3 aromatic heterocycles. The van der Waals surface area contributed by atoms with Gasteiger partial charge in [0, 0.05) is 40.7 Å². The number of Topliss-reactive ketones (excluding diaryl/α,β-unsaturated/α-hetero) is 1. The molecule has 0 aliphatic carbocycles. The third-order valence-corrected chi connectivity index (χ3v) is 6.12. The Bertz CT molecular complexity index is 1210. The summed E-state index contributed by atoms with van der Waals surface area (Å²) in [5, 5.41) is 7.05. The minimum atomic E-state index is -0.0401. The number of pyridine rings is 1. The highest BCUT2D eigenvalue weighted by Gasteiger charge is 2.18. The molecule has 0 aliphatic heterocycles. The van der Waals surface area contributed by atoms with Gasteiger partial charge >= 0.3 is 0 Å². The molecule has 0 saturated heterocycles. The van der Waals surface area contributed by atoms with Gasteiger partial charge in [-0.2, -0.15) is 5.10 Å². The summed E-state index contributed by atoms with van der Waals surface area (Å²) < 4.78 is 4.13. The molecule has 0 aliphatic rings. The maximum Gasteiger partial charge on any atom is 0.178 e. The third kappa shape index (κ3) is 3.82. The molecule has 0 spiro atoms. The van der Waals surface area contributed by atoms with Crippen molar-refractivity contribution in [1.29, 1.82) is 0 Å². The van der Waals surface area contributed by atoms with Gasteiger partial charge in [-0.25, -0.2) is 4.98 Å². The predicted octanol–water partition coefficient (Wildman–Crippen LogP) is 5.95. The average Bonchev–Trinajstić information content (AvgIpc) is 3.25. The van der Waals surface area contributed by atoms with E-state index in [0.29, 0.717) is 10.7 Å². The zero-order valence-corrected chi connectivity index (χ0v) is 18.1. The van der Waals surface area contributed by atoms with E-state index in [2.05, 4.69) is 34.7 Å². The van der Waals surface area contributed by atoms with Crippen LogP contribution in [0.3, 0.4) is 0 Å².